The van der Waals surface area contributed by atoms with Gasteiger partial charge in [-0.2, -0.15) is 0 Å². The van der Waals surface area contributed by atoms with Crippen LogP contribution in [0.15, 0.2) is 88.2 Å². The van der Waals surface area contributed by atoms with Gasteiger partial charge in [0, 0.05) is 21.3 Å². The van der Waals surface area contributed by atoms with E-state index in [-0.39, 0.29) is 11.2 Å². The van der Waals surface area contributed by atoms with Crippen LogP contribution in [0.2, 0.25) is 0 Å². The Hall–Kier alpha value is -3.37. The molecule has 0 spiro atoms. The normalized spacial score (nSPS) is 16.8. The second kappa shape index (κ2) is 8.69. The second-order valence-corrected chi connectivity index (χ2v) is 10.8. The highest BCUT2D eigenvalue weighted by Gasteiger charge is 2.33. The van der Waals surface area contributed by atoms with E-state index < -0.39 is 11.0 Å². The Kier molecular flexibility index (Phi) is 5.49. The van der Waals surface area contributed by atoms with Gasteiger partial charge in [0.25, 0.3) is 11.2 Å². The van der Waals surface area contributed by atoms with Crippen LogP contribution in [0.25, 0.3) is 11.8 Å². The van der Waals surface area contributed by atoms with Crippen LogP contribution in [0, 0.1) is 13.7 Å². The van der Waals surface area contributed by atoms with Crippen LogP contribution in [0.1, 0.15) is 34.7 Å². The lowest BCUT2D eigenvalue weighted by Gasteiger charge is -2.30. The van der Waals surface area contributed by atoms with E-state index in [0.717, 1.165) is 44.4 Å². The van der Waals surface area contributed by atoms with Crippen LogP contribution in [-0.2, 0) is 6.42 Å². The van der Waals surface area contributed by atoms with E-state index in [1.165, 1.54) is 23.0 Å². The lowest BCUT2D eigenvalue weighted by molar-refractivity contribution is -0.384. The number of aromatic nitrogens is 1. The molecule has 0 bridgehead atoms. The average molecular weight is 591 g/mol. The molecule has 1 aliphatic carbocycles. The van der Waals surface area contributed by atoms with Gasteiger partial charge in [-0.25, -0.2) is 4.99 Å². The minimum atomic E-state index is -0.437. The standard InChI is InChI=1S/C27H18IN3O3S/c28-19-8-3-5-16(13-19)14-23-26(32)30-25(18-7-4-9-20(15-18)31(33)34)22-12-11-17-6-1-2-10-21(17)24(22)29-27(30)35-23/h1-10,13-15,25H,11-12H2. The molecule has 3 aromatic carbocycles. The number of nitrogens with zero attached hydrogens (tertiary/aromatic N) is 3. The third kappa shape index (κ3) is 3.86. The number of non-ortho nitro benzene ring substituents is 1. The largest absolute Gasteiger partial charge is 0.272 e. The van der Waals surface area contributed by atoms with Crippen LogP contribution < -0.4 is 14.9 Å². The van der Waals surface area contributed by atoms with Gasteiger partial charge in [-0.1, -0.05) is 59.9 Å². The lowest BCUT2D eigenvalue weighted by Crippen LogP contribution is -2.38. The smallest absolute Gasteiger partial charge is 0.271 e. The van der Waals surface area contributed by atoms with Crippen molar-refractivity contribution in [2.24, 2.45) is 4.99 Å². The van der Waals surface area contributed by atoms with Gasteiger partial charge >= 0.3 is 0 Å². The van der Waals surface area contributed by atoms with Crippen molar-refractivity contribution < 1.29 is 4.92 Å². The highest BCUT2D eigenvalue weighted by atomic mass is 127. The first-order valence-corrected chi connectivity index (χ1v) is 13.0. The summed E-state index contributed by atoms with van der Waals surface area (Å²) in [7, 11) is 0. The molecule has 6 nitrogen and oxygen atoms in total. The molecule has 35 heavy (non-hydrogen) atoms. The fraction of sp³-hybridized carbons (Fsp3) is 0.111. The van der Waals surface area contributed by atoms with Gasteiger partial charge in [0.15, 0.2) is 4.80 Å². The van der Waals surface area contributed by atoms with E-state index in [1.54, 1.807) is 16.7 Å². The van der Waals surface area contributed by atoms with Crippen molar-refractivity contribution in [3.63, 3.8) is 0 Å². The number of hydrogen-bond acceptors (Lipinski definition) is 5. The van der Waals surface area contributed by atoms with Crippen molar-refractivity contribution in [2.75, 3.05) is 0 Å². The predicted octanol–water partition coefficient (Wildman–Crippen LogP) is 4.83. The monoisotopic (exact) mass is 591 g/mol. The SMILES string of the molecule is O=c1c(=Cc2cccc(I)c2)sc2n1C(c1cccc([N+](=O)[O-])c1)C1=C(N=2)c2ccccc2CC1. The Bertz CT molecular complexity index is 1730. The molecule has 1 unspecified atom stereocenters. The molecule has 0 N–H and O–H groups in total. The van der Waals surface area contributed by atoms with Crippen LogP contribution >= 0.6 is 33.9 Å². The molecule has 0 saturated heterocycles. The maximum atomic E-state index is 13.7. The van der Waals surface area contributed by atoms with Gasteiger partial charge < -0.3 is 0 Å². The third-order valence-electron chi connectivity index (χ3n) is 6.42. The van der Waals surface area contributed by atoms with Crippen molar-refractivity contribution in [1.82, 2.24) is 4.57 Å². The van der Waals surface area contributed by atoms with E-state index in [2.05, 4.69) is 34.7 Å². The topological polar surface area (TPSA) is 77.5 Å². The fourth-order valence-electron chi connectivity index (χ4n) is 4.88. The Morgan fingerprint density at radius 1 is 1.06 bits per heavy atom. The zero-order valence-corrected chi connectivity index (χ0v) is 21.3. The molecule has 2 heterocycles. The Labute approximate surface area is 217 Å². The van der Waals surface area contributed by atoms with Crippen LogP contribution in [-0.4, -0.2) is 9.49 Å². The number of fused-ring (bicyclic) bond motifs is 3. The van der Waals surface area contributed by atoms with Crippen molar-refractivity contribution in [1.29, 1.82) is 0 Å². The molecule has 1 aliphatic heterocycles. The van der Waals surface area contributed by atoms with E-state index in [4.69, 9.17) is 4.99 Å². The summed E-state index contributed by atoms with van der Waals surface area (Å²) in [5.74, 6) is 0. The van der Waals surface area contributed by atoms with Crippen molar-refractivity contribution >= 4 is 51.4 Å². The molecular formula is C27H18IN3O3S. The summed E-state index contributed by atoms with van der Waals surface area (Å²) in [4.78, 5) is 30.5. The first-order chi connectivity index (χ1) is 17.0. The summed E-state index contributed by atoms with van der Waals surface area (Å²) in [5.41, 5.74) is 5.76. The summed E-state index contributed by atoms with van der Waals surface area (Å²) in [6.45, 7) is 0. The van der Waals surface area contributed by atoms with E-state index in [1.807, 2.05) is 48.5 Å². The minimum absolute atomic E-state index is 0.0128. The first kappa shape index (κ1) is 22.1. The number of hydrogen-bond donors (Lipinski definition) is 0. The summed E-state index contributed by atoms with van der Waals surface area (Å²) in [6.07, 6.45) is 3.47. The molecule has 6 rings (SSSR count). The maximum absolute atomic E-state index is 13.7. The van der Waals surface area contributed by atoms with Crippen LogP contribution in [0.5, 0.6) is 0 Å². The predicted molar refractivity (Wildman–Crippen MR) is 145 cm³/mol. The second-order valence-electron chi connectivity index (χ2n) is 8.52. The molecule has 1 atom stereocenters. The van der Waals surface area contributed by atoms with Gasteiger partial charge in [0.1, 0.15) is 0 Å². The molecule has 1 aromatic heterocycles. The average Bonchev–Trinajstić information content (AvgIpc) is 3.17. The first-order valence-electron chi connectivity index (χ1n) is 11.1. The number of nitro benzene ring substituents is 1. The summed E-state index contributed by atoms with van der Waals surface area (Å²) >= 11 is 3.61. The fourth-order valence-corrected chi connectivity index (χ4v) is 6.45. The molecule has 0 radical (unpaired) electrons. The van der Waals surface area contributed by atoms with Gasteiger partial charge in [0.05, 0.1) is 21.2 Å². The third-order valence-corrected chi connectivity index (χ3v) is 8.07. The van der Waals surface area contributed by atoms with Crippen molar-refractivity contribution in [2.45, 2.75) is 18.9 Å². The molecule has 0 fully saturated rings. The molecule has 4 aromatic rings. The maximum Gasteiger partial charge on any atom is 0.271 e. The van der Waals surface area contributed by atoms with E-state index in [0.29, 0.717) is 9.33 Å². The number of aryl methyl sites for hydroxylation is 1. The quantitative estimate of drug-likeness (QED) is 0.195. The summed E-state index contributed by atoms with van der Waals surface area (Å²) < 4.78 is 3.40. The number of benzene rings is 3. The number of thiazole rings is 1. The number of rotatable bonds is 3. The Morgan fingerprint density at radius 3 is 2.71 bits per heavy atom. The molecule has 172 valence electrons. The number of halogens is 1. The molecule has 8 heteroatoms. The van der Waals surface area contributed by atoms with Gasteiger partial charge in [-0.05, 0) is 75.9 Å². The van der Waals surface area contributed by atoms with E-state index >= 15 is 0 Å². The molecular weight excluding hydrogens is 573 g/mol. The van der Waals surface area contributed by atoms with Gasteiger partial charge in [-0.15, -0.1) is 0 Å². The van der Waals surface area contributed by atoms with Crippen molar-refractivity contribution in [3.8, 4) is 0 Å². The summed E-state index contributed by atoms with van der Waals surface area (Å²) in [5, 5.41) is 11.5. The highest BCUT2D eigenvalue weighted by Crippen LogP contribution is 2.41. The van der Waals surface area contributed by atoms with E-state index in [9.17, 15) is 14.9 Å². The zero-order valence-electron chi connectivity index (χ0n) is 18.3. The van der Waals surface area contributed by atoms with Gasteiger partial charge in [-0.3, -0.25) is 19.5 Å². The van der Waals surface area contributed by atoms with Crippen LogP contribution in [0.4, 0.5) is 5.69 Å². The zero-order chi connectivity index (χ0) is 24.1. The number of nitro groups is 1. The molecule has 0 saturated carbocycles. The summed E-state index contributed by atoms with van der Waals surface area (Å²) in [6, 6.07) is 22.4. The number of allylic oxidation sites excluding steroid dienone is 1. The highest BCUT2D eigenvalue weighted by molar-refractivity contribution is 14.1. The van der Waals surface area contributed by atoms with Crippen molar-refractivity contribution in [3.05, 3.63) is 134 Å². The molecule has 0 amide bonds. The van der Waals surface area contributed by atoms with Crippen LogP contribution in [0.3, 0.4) is 0 Å². The minimum Gasteiger partial charge on any atom is -0.272 e. The molecule has 2 aliphatic rings. The van der Waals surface area contributed by atoms with Gasteiger partial charge in [0.2, 0.25) is 0 Å². The lowest BCUT2D eigenvalue weighted by atomic mass is 9.83. The Morgan fingerprint density at radius 2 is 1.89 bits per heavy atom. The Balaban J connectivity index is 1.64.